The smallest absolute Gasteiger partial charge is 0.136 e. The van der Waals surface area contributed by atoms with Crippen LogP contribution in [0, 0.1) is 0 Å². The van der Waals surface area contributed by atoms with Gasteiger partial charge in [0.25, 0.3) is 0 Å². The SMILES string of the molecule is COc1ccc2oc(C(C)N[S+]([O-])C(C)(C)C)cc2c1. The third-order valence-electron chi connectivity index (χ3n) is 3.01. The molecule has 1 heterocycles. The summed E-state index contributed by atoms with van der Waals surface area (Å²) in [6.45, 7) is 7.75. The van der Waals surface area contributed by atoms with Crippen molar-refractivity contribution in [1.82, 2.24) is 4.72 Å². The first-order chi connectivity index (χ1) is 9.31. The van der Waals surface area contributed by atoms with Crippen LogP contribution in [-0.2, 0) is 11.4 Å². The third-order valence-corrected chi connectivity index (χ3v) is 4.69. The van der Waals surface area contributed by atoms with Gasteiger partial charge in [-0.1, -0.05) is 0 Å². The highest BCUT2D eigenvalue weighted by molar-refractivity contribution is 7.90. The predicted octanol–water partition coefficient (Wildman–Crippen LogP) is 3.55. The molecule has 0 bridgehead atoms. The first kappa shape index (κ1) is 15.2. The molecule has 1 aromatic heterocycles. The molecule has 4 nitrogen and oxygen atoms in total. The molecule has 1 aromatic carbocycles. The van der Waals surface area contributed by atoms with Gasteiger partial charge in [-0.2, -0.15) is 0 Å². The molecule has 0 aliphatic carbocycles. The molecule has 5 heteroatoms. The van der Waals surface area contributed by atoms with Crippen molar-refractivity contribution in [1.29, 1.82) is 0 Å². The Balaban J connectivity index is 2.20. The predicted molar refractivity (Wildman–Crippen MR) is 82.2 cm³/mol. The number of hydrogen-bond acceptors (Lipinski definition) is 4. The number of hydrogen-bond donors (Lipinski definition) is 1. The number of fused-ring (bicyclic) bond motifs is 1. The van der Waals surface area contributed by atoms with Crippen molar-refractivity contribution in [3.05, 3.63) is 30.0 Å². The van der Waals surface area contributed by atoms with Crippen molar-refractivity contribution in [2.45, 2.75) is 38.5 Å². The highest BCUT2D eigenvalue weighted by atomic mass is 32.2. The van der Waals surface area contributed by atoms with Crippen molar-refractivity contribution in [2.75, 3.05) is 7.11 Å². The number of methoxy groups -OCH3 is 1. The Kier molecular flexibility index (Phi) is 4.32. The van der Waals surface area contributed by atoms with Crippen molar-refractivity contribution >= 4 is 22.3 Å². The average molecular weight is 295 g/mol. The van der Waals surface area contributed by atoms with E-state index in [9.17, 15) is 4.55 Å². The summed E-state index contributed by atoms with van der Waals surface area (Å²) in [4.78, 5) is 0. The number of ether oxygens (including phenoxy) is 1. The molecule has 110 valence electrons. The maximum Gasteiger partial charge on any atom is 0.136 e. The second kappa shape index (κ2) is 5.68. The molecule has 0 saturated carbocycles. The monoisotopic (exact) mass is 295 g/mol. The van der Waals surface area contributed by atoms with E-state index in [1.165, 1.54) is 0 Å². The zero-order chi connectivity index (χ0) is 14.9. The van der Waals surface area contributed by atoms with E-state index in [1.807, 2.05) is 52.0 Å². The summed E-state index contributed by atoms with van der Waals surface area (Å²) in [7, 11) is 1.64. The summed E-state index contributed by atoms with van der Waals surface area (Å²) in [6, 6.07) is 7.51. The lowest BCUT2D eigenvalue weighted by Gasteiger charge is -2.25. The number of nitrogens with one attached hydrogen (secondary N) is 1. The molecular weight excluding hydrogens is 274 g/mol. The Morgan fingerprint density at radius 3 is 2.60 bits per heavy atom. The van der Waals surface area contributed by atoms with Crippen molar-refractivity contribution in [3.8, 4) is 5.75 Å². The molecule has 0 amide bonds. The molecule has 2 aromatic rings. The fourth-order valence-electron chi connectivity index (χ4n) is 1.78. The van der Waals surface area contributed by atoms with Crippen molar-refractivity contribution in [3.63, 3.8) is 0 Å². The lowest BCUT2D eigenvalue weighted by atomic mass is 10.2. The molecule has 0 saturated heterocycles. The van der Waals surface area contributed by atoms with Gasteiger partial charge in [0.05, 0.1) is 7.11 Å². The maximum absolute atomic E-state index is 12.1. The minimum atomic E-state index is -1.13. The quantitative estimate of drug-likeness (QED) is 0.876. The fourth-order valence-corrected chi connectivity index (χ4v) is 2.57. The van der Waals surface area contributed by atoms with E-state index in [4.69, 9.17) is 9.15 Å². The minimum Gasteiger partial charge on any atom is -0.598 e. The summed E-state index contributed by atoms with van der Waals surface area (Å²) in [6.07, 6.45) is 0. The van der Waals surface area contributed by atoms with E-state index in [0.29, 0.717) is 0 Å². The third kappa shape index (κ3) is 3.29. The first-order valence-corrected chi connectivity index (χ1v) is 7.72. The van der Waals surface area contributed by atoms with Crippen LogP contribution in [0.5, 0.6) is 5.75 Å². The van der Waals surface area contributed by atoms with E-state index in [-0.39, 0.29) is 10.8 Å². The fraction of sp³-hybridized carbons (Fsp3) is 0.467. The summed E-state index contributed by atoms with van der Waals surface area (Å²) in [5.74, 6) is 1.56. The lowest BCUT2D eigenvalue weighted by molar-refractivity contribution is 0.415. The Morgan fingerprint density at radius 2 is 2.00 bits per heavy atom. The highest BCUT2D eigenvalue weighted by Gasteiger charge is 2.29. The average Bonchev–Trinajstić information content (AvgIpc) is 2.80. The molecule has 0 radical (unpaired) electrons. The van der Waals surface area contributed by atoms with Crippen LogP contribution in [0.25, 0.3) is 11.0 Å². The maximum atomic E-state index is 12.1. The van der Waals surface area contributed by atoms with Crippen LogP contribution in [0.4, 0.5) is 0 Å². The van der Waals surface area contributed by atoms with Crippen molar-refractivity contribution in [2.24, 2.45) is 0 Å². The zero-order valence-corrected chi connectivity index (χ0v) is 13.3. The van der Waals surface area contributed by atoms with Gasteiger partial charge >= 0.3 is 0 Å². The van der Waals surface area contributed by atoms with Crippen LogP contribution in [0.15, 0.2) is 28.7 Å². The van der Waals surface area contributed by atoms with Gasteiger partial charge in [0.2, 0.25) is 0 Å². The summed E-state index contributed by atoms with van der Waals surface area (Å²) in [5, 5.41) is 0.981. The van der Waals surface area contributed by atoms with Gasteiger partial charge in [0.15, 0.2) is 0 Å². The van der Waals surface area contributed by atoms with E-state index >= 15 is 0 Å². The number of furan rings is 1. The topological polar surface area (TPSA) is 57.5 Å². The Bertz CT molecular complexity index is 588. The van der Waals surface area contributed by atoms with Gasteiger partial charge in [-0.15, -0.1) is 4.72 Å². The summed E-state index contributed by atoms with van der Waals surface area (Å²) in [5.41, 5.74) is 0.802. The molecule has 2 rings (SSSR count). The van der Waals surface area contributed by atoms with Crippen molar-refractivity contribution < 1.29 is 13.7 Å². The normalized spacial score (nSPS) is 15.3. The Labute approximate surface area is 122 Å². The van der Waals surface area contributed by atoms with Gasteiger partial charge in [0.1, 0.15) is 27.9 Å². The minimum absolute atomic E-state index is 0.117. The van der Waals surface area contributed by atoms with Gasteiger partial charge < -0.3 is 13.7 Å². The molecule has 0 fully saturated rings. The van der Waals surface area contributed by atoms with Gasteiger partial charge in [-0.25, -0.2) is 0 Å². The second-order valence-corrected chi connectivity index (χ2v) is 7.77. The van der Waals surface area contributed by atoms with Crippen LogP contribution < -0.4 is 9.46 Å². The number of benzene rings is 1. The highest BCUT2D eigenvalue weighted by Crippen LogP contribution is 2.28. The van der Waals surface area contributed by atoms with E-state index in [1.54, 1.807) is 7.11 Å². The Morgan fingerprint density at radius 1 is 1.30 bits per heavy atom. The molecular formula is C15H21NO3S. The van der Waals surface area contributed by atoms with Crippen LogP contribution >= 0.6 is 0 Å². The molecule has 0 spiro atoms. The second-order valence-electron chi connectivity index (χ2n) is 5.77. The van der Waals surface area contributed by atoms with E-state index in [2.05, 4.69) is 4.72 Å². The van der Waals surface area contributed by atoms with E-state index < -0.39 is 11.4 Å². The van der Waals surface area contributed by atoms with Gasteiger partial charge in [0, 0.05) is 16.7 Å². The standard InChI is InChI=1S/C15H21NO3S/c1-10(16-20(17)15(2,3)4)14-9-11-8-12(18-5)6-7-13(11)19-14/h6-10,16H,1-5H3. The molecule has 2 unspecified atom stereocenters. The van der Waals surface area contributed by atoms with Crippen LogP contribution in [0.1, 0.15) is 39.5 Å². The van der Waals surface area contributed by atoms with Gasteiger partial charge in [-0.3, -0.25) is 0 Å². The molecule has 0 aliphatic rings. The van der Waals surface area contributed by atoms with Crippen LogP contribution in [0.2, 0.25) is 0 Å². The largest absolute Gasteiger partial charge is 0.598 e. The summed E-state index contributed by atoms with van der Waals surface area (Å²) >= 11 is -1.13. The van der Waals surface area contributed by atoms with Crippen LogP contribution in [0.3, 0.4) is 0 Å². The van der Waals surface area contributed by atoms with Crippen LogP contribution in [-0.4, -0.2) is 16.4 Å². The lowest BCUT2D eigenvalue weighted by Crippen LogP contribution is -2.40. The number of rotatable bonds is 4. The zero-order valence-electron chi connectivity index (χ0n) is 12.5. The molecule has 2 atom stereocenters. The Hall–Kier alpha value is -1.17. The molecule has 0 aliphatic heterocycles. The molecule has 1 N–H and O–H groups in total. The summed E-state index contributed by atoms with van der Waals surface area (Å²) < 4.78 is 25.9. The van der Waals surface area contributed by atoms with E-state index in [0.717, 1.165) is 22.5 Å². The first-order valence-electron chi connectivity index (χ1n) is 6.57. The molecule has 20 heavy (non-hydrogen) atoms. The van der Waals surface area contributed by atoms with Gasteiger partial charge in [-0.05, 0) is 52.0 Å².